The van der Waals surface area contributed by atoms with E-state index >= 15 is 0 Å². The van der Waals surface area contributed by atoms with Crippen LogP contribution >= 0.6 is 0 Å². The van der Waals surface area contributed by atoms with Crippen LogP contribution in [0.4, 0.5) is 0 Å². The molecule has 30 heavy (non-hydrogen) atoms. The number of methoxy groups -OCH3 is 1. The van der Waals surface area contributed by atoms with Crippen LogP contribution in [0.3, 0.4) is 0 Å². The van der Waals surface area contributed by atoms with Crippen LogP contribution in [0.25, 0.3) is 16.9 Å². The standard InChI is InChI=1S/C19H25N5O5S/c1-11(2)23-17(25)13-9-20-18(30(6)27)22-16(13)24(23)15-8-12(29-10-28-5)7-14(21-15)19(3,4)26/h7-9,11,26H,10H2,1-6H3. The summed E-state index contributed by atoms with van der Waals surface area (Å²) in [6.07, 6.45) is 2.84. The second-order valence-electron chi connectivity index (χ2n) is 7.56. The average Bonchev–Trinajstić information content (AvgIpc) is 2.97. The fraction of sp³-hybridized carbons (Fsp3) is 0.474. The molecule has 162 valence electrons. The summed E-state index contributed by atoms with van der Waals surface area (Å²) in [6.45, 7) is 6.90. The van der Waals surface area contributed by atoms with Crippen LogP contribution < -0.4 is 10.3 Å². The Morgan fingerprint density at radius 2 is 1.97 bits per heavy atom. The van der Waals surface area contributed by atoms with E-state index in [1.54, 1.807) is 26.0 Å². The number of aromatic nitrogens is 5. The van der Waals surface area contributed by atoms with Gasteiger partial charge in [0.25, 0.3) is 5.56 Å². The van der Waals surface area contributed by atoms with E-state index in [4.69, 9.17) is 9.47 Å². The van der Waals surface area contributed by atoms with Gasteiger partial charge < -0.3 is 14.6 Å². The number of nitrogens with zero attached hydrogens (tertiary/aromatic N) is 5. The van der Waals surface area contributed by atoms with E-state index < -0.39 is 16.4 Å². The zero-order valence-electron chi connectivity index (χ0n) is 17.7. The Kier molecular flexibility index (Phi) is 6.06. The van der Waals surface area contributed by atoms with Crippen molar-refractivity contribution in [3.63, 3.8) is 0 Å². The van der Waals surface area contributed by atoms with Crippen LogP contribution in [0.2, 0.25) is 0 Å². The predicted molar refractivity (Wildman–Crippen MR) is 111 cm³/mol. The van der Waals surface area contributed by atoms with E-state index in [1.807, 2.05) is 13.8 Å². The first kappa shape index (κ1) is 22.1. The molecule has 1 N–H and O–H groups in total. The Balaban J connectivity index is 2.39. The minimum atomic E-state index is -1.43. The molecule has 0 aliphatic heterocycles. The minimum absolute atomic E-state index is 0.000697. The van der Waals surface area contributed by atoms with E-state index in [9.17, 15) is 14.1 Å². The molecule has 0 spiro atoms. The molecule has 3 rings (SSSR count). The molecule has 0 bridgehead atoms. The molecule has 3 heterocycles. The summed E-state index contributed by atoms with van der Waals surface area (Å²) in [5.41, 5.74) is -0.961. The van der Waals surface area contributed by atoms with Gasteiger partial charge in [0.05, 0.1) is 16.5 Å². The molecule has 0 amide bonds. The molecule has 0 saturated heterocycles. The fourth-order valence-corrected chi connectivity index (χ4v) is 3.35. The van der Waals surface area contributed by atoms with Crippen molar-refractivity contribution in [2.45, 2.75) is 44.5 Å². The molecule has 1 atom stereocenters. The number of rotatable bonds is 7. The maximum Gasteiger partial charge on any atom is 0.278 e. The molecule has 0 aliphatic rings. The predicted octanol–water partition coefficient (Wildman–Crippen LogP) is 1.51. The maximum atomic E-state index is 13.0. The average molecular weight is 436 g/mol. The van der Waals surface area contributed by atoms with Crippen LogP contribution in [0.15, 0.2) is 28.3 Å². The third-order valence-corrected chi connectivity index (χ3v) is 5.03. The van der Waals surface area contributed by atoms with Crippen molar-refractivity contribution in [1.82, 2.24) is 24.3 Å². The van der Waals surface area contributed by atoms with Crippen LogP contribution in [0.1, 0.15) is 39.4 Å². The molecule has 0 fully saturated rings. The Labute approximate surface area is 175 Å². The van der Waals surface area contributed by atoms with Crippen LogP contribution in [0.5, 0.6) is 5.75 Å². The van der Waals surface area contributed by atoms with Crippen molar-refractivity contribution in [2.24, 2.45) is 0 Å². The molecule has 0 saturated carbocycles. The quantitative estimate of drug-likeness (QED) is 0.438. The van der Waals surface area contributed by atoms with Crippen LogP contribution in [-0.2, 0) is 21.1 Å². The first-order valence-corrected chi connectivity index (χ1v) is 10.8. The second-order valence-corrected chi connectivity index (χ2v) is 8.83. The lowest BCUT2D eigenvalue weighted by molar-refractivity contribution is 0.0491. The summed E-state index contributed by atoms with van der Waals surface area (Å²) in [7, 11) is 0.0649. The highest BCUT2D eigenvalue weighted by molar-refractivity contribution is 7.84. The molecular weight excluding hydrogens is 410 g/mol. The number of hydrogen-bond donors (Lipinski definition) is 1. The van der Waals surface area contributed by atoms with E-state index in [1.165, 1.54) is 28.9 Å². The van der Waals surface area contributed by atoms with Gasteiger partial charge in [-0.15, -0.1) is 0 Å². The van der Waals surface area contributed by atoms with Gasteiger partial charge in [0.2, 0.25) is 5.16 Å². The van der Waals surface area contributed by atoms with Gasteiger partial charge in [0.1, 0.15) is 16.7 Å². The van der Waals surface area contributed by atoms with Gasteiger partial charge in [-0.2, -0.15) is 0 Å². The van der Waals surface area contributed by atoms with Gasteiger partial charge >= 0.3 is 0 Å². The highest BCUT2D eigenvalue weighted by atomic mass is 32.2. The molecule has 11 heteroatoms. The molecule has 10 nitrogen and oxygen atoms in total. The Morgan fingerprint density at radius 3 is 2.53 bits per heavy atom. The molecule has 3 aromatic rings. The number of ether oxygens (including phenoxy) is 2. The fourth-order valence-electron chi connectivity index (χ4n) is 2.93. The minimum Gasteiger partial charge on any atom is -0.467 e. The molecule has 0 radical (unpaired) electrons. The van der Waals surface area contributed by atoms with Crippen molar-refractivity contribution < 1.29 is 18.8 Å². The highest BCUT2D eigenvalue weighted by Crippen LogP contribution is 2.27. The van der Waals surface area contributed by atoms with E-state index in [2.05, 4.69) is 15.0 Å². The Hall–Kier alpha value is -2.63. The Bertz CT molecular complexity index is 1160. The topological polar surface area (TPSA) is 121 Å². The maximum absolute atomic E-state index is 13.0. The normalized spacial score (nSPS) is 13.2. The lowest BCUT2D eigenvalue weighted by Gasteiger charge is -2.21. The van der Waals surface area contributed by atoms with Gasteiger partial charge in [0, 0.05) is 37.7 Å². The largest absolute Gasteiger partial charge is 0.467 e. The van der Waals surface area contributed by atoms with Crippen LogP contribution in [0, 0.1) is 0 Å². The van der Waals surface area contributed by atoms with Gasteiger partial charge in [0.15, 0.2) is 18.3 Å². The third-order valence-electron chi connectivity index (χ3n) is 4.32. The SMILES string of the molecule is COCOc1cc(-n2c3nc(S(C)=O)ncc3c(=O)n2C(C)C)nc(C(C)(C)O)c1. The third kappa shape index (κ3) is 4.13. The molecular formula is C19H25N5O5S. The first-order chi connectivity index (χ1) is 14.0. The van der Waals surface area contributed by atoms with Crippen molar-refractivity contribution in [3.8, 4) is 11.6 Å². The summed E-state index contributed by atoms with van der Waals surface area (Å²) in [5, 5.41) is 10.9. The number of fused-ring (bicyclic) bond motifs is 1. The van der Waals surface area contributed by atoms with Gasteiger partial charge in [-0.1, -0.05) is 0 Å². The highest BCUT2D eigenvalue weighted by Gasteiger charge is 2.24. The number of hydrogen-bond acceptors (Lipinski definition) is 8. The molecule has 0 aliphatic carbocycles. The smallest absolute Gasteiger partial charge is 0.278 e. The monoisotopic (exact) mass is 435 g/mol. The summed E-state index contributed by atoms with van der Waals surface area (Å²) >= 11 is 0. The van der Waals surface area contributed by atoms with Gasteiger partial charge in [-0.05, 0) is 27.7 Å². The lowest BCUT2D eigenvalue weighted by atomic mass is 10.0. The summed E-state index contributed by atoms with van der Waals surface area (Å²) < 4.78 is 25.5. The summed E-state index contributed by atoms with van der Waals surface area (Å²) in [4.78, 5) is 26.0. The van der Waals surface area contributed by atoms with Crippen molar-refractivity contribution in [3.05, 3.63) is 34.4 Å². The summed E-state index contributed by atoms with van der Waals surface area (Å²) in [6, 6.07) is 2.99. The first-order valence-electron chi connectivity index (χ1n) is 9.25. The molecule has 3 aromatic heterocycles. The van der Waals surface area contributed by atoms with Gasteiger partial charge in [-0.25, -0.2) is 24.3 Å². The van der Waals surface area contributed by atoms with Crippen molar-refractivity contribution in [1.29, 1.82) is 0 Å². The molecule has 0 aromatic carbocycles. The van der Waals surface area contributed by atoms with Crippen molar-refractivity contribution >= 4 is 21.8 Å². The number of pyridine rings is 1. The van der Waals surface area contributed by atoms with E-state index in [0.717, 1.165) is 0 Å². The number of aliphatic hydroxyl groups is 1. The van der Waals surface area contributed by atoms with Crippen molar-refractivity contribution in [2.75, 3.05) is 20.2 Å². The lowest BCUT2D eigenvalue weighted by Crippen LogP contribution is -2.26. The summed E-state index contributed by atoms with van der Waals surface area (Å²) in [5.74, 6) is 0.713. The zero-order valence-corrected chi connectivity index (χ0v) is 18.6. The van der Waals surface area contributed by atoms with E-state index in [0.29, 0.717) is 17.3 Å². The van der Waals surface area contributed by atoms with E-state index in [-0.39, 0.29) is 34.6 Å². The molecule has 1 unspecified atom stereocenters. The Morgan fingerprint density at radius 1 is 1.27 bits per heavy atom. The zero-order chi connectivity index (χ0) is 22.2. The van der Waals surface area contributed by atoms with Crippen LogP contribution in [-0.4, -0.2) is 53.8 Å². The second kappa shape index (κ2) is 8.25. The van der Waals surface area contributed by atoms with Gasteiger partial charge in [-0.3, -0.25) is 9.00 Å².